The lowest BCUT2D eigenvalue weighted by Gasteiger charge is -2.40. The van der Waals surface area contributed by atoms with E-state index in [1.165, 1.54) is 18.9 Å². The predicted octanol–water partition coefficient (Wildman–Crippen LogP) is -0.291. The van der Waals surface area contributed by atoms with Crippen molar-refractivity contribution in [1.82, 2.24) is 5.32 Å². The van der Waals surface area contributed by atoms with Crippen molar-refractivity contribution in [3.8, 4) is 0 Å². The summed E-state index contributed by atoms with van der Waals surface area (Å²) in [4.78, 5) is 21.4. The van der Waals surface area contributed by atoms with Crippen molar-refractivity contribution in [2.75, 3.05) is 26.0 Å². The van der Waals surface area contributed by atoms with Gasteiger partial charge in [-0.1, -0.05) is 0 Å². The van der Waals surface area contributed by atoms with Crippen LogP contribution in [0.1, 0.15) is 6.42 Å². The molecular weight excluding hydrogens is 206 g/mol. The van der Waals surface area contributed by atoms with E-state index in [1.807, 2.05) is 0 Å². The van der Waals surface area contributed by atoms with Crippen molar-refractivity contribution in [1.29, 1.82) is 0 Å². The maximum absolute atomic E-state index is 10.9. The van der Waals surface area contributed by atoms with Gasteiger partial charge < -0.3 is 15.2 Å². The predicted molar refractivity (Wildman–Crippen MR) is 52.3 cm³/mol. The van der Waals surface area contributed by atoms with Crippen LogP contribution in [-0.2, 0) is 14.3 Å². The van der Waals surface area contributed by atoms with Crippen LogP contribution in [-0.4, -0.2) is 47.7 Å². The Labute approximate surface area is 86.2 Å². The monoisotopic (exact) mass is 219 g/mol. The van der Waals surface area contributed by atoms with Crippen molar-refractivity contribution >= 4 is 23.7 Å². The van der Waals surface area contributed by atoms with Gasteiger partial charge in [-0.25, -0.2) is 0 Å². The lowest BCUT2D eigenvalue weighted by Crippen LogP contribution is -2.58. The van der Waals surface area contributed by atoms with E-state index in [2.05, 4.69) is 10.1 Å². The molecule has 2 N–H and O–H groups in total. The highest BCUT2D eigenvalue weighted by Crippen LogP contribution is 2.32. The third kappa shape index (κ3) is 2.88. The molecule has 0 aliphatic carbocycles. The molecule has 0 bridgehead atoms. The fraction of sp³-hybridized carbons (Fsp3) is 0.750. The Bertz CT molecular complexity index is 239. The largest absolute Gasteiger partial charge is 0.481 e. The first kappa shape index (κ1) is 11.3. The number of hydrogen-bond donors (Lipinski definition) is 2. The smallest absolute Gasteiger partial charge is 0.315 e. The second-order valence-corrected chi connectivity index (χ2v) is 4.67. The molecule has 1 aliphatic heterocycles. The molecule has 0 aromatic rings. The van der Waals surface area contributed by atoms with Crippen LogP contribution in [0.2, 0.25) is 0 Å². The van der Waals surface area contributed by atoms with E-state index in [9.17, 15) is 9.59 Å². The first-order valence-electron chi connectivity index (χ1n) is 4.21. The Hall–Kier alpha value is -0.750. The molecule has 0 amide bonds. The van der Waals surface area contributed by atoms with Gasteiger partial charge >= 0.3 is 11.9 Å². The number of thioether (sulfide) groups is 1. The number of nitrogens with one attached hydrogen (secondary N) is 1. The zero-order chi connectivity index (χ0) is 10.6. The normalized spacial score (nSPS) is 18.4. The van der Waals surface area contributed by atoms with E-state index in [-0.39, 0.29) is 22.9 Å². The number of carboxylic acids is 1. The topological polar surface area (TPSA) is 75.6 Å². The molecule has 0 atom stereocenters. The number of ether oxygens (including phenoxy) is 1. The van der Waals surface area contributed by atoms with Crippen molar-refractivity contribution in [3.63, 3.8) is 0 Å². The van der Waals surface area contributed by atoms with Gasteiger partial charge in [-0.3, -0.25) is 9.59 Å². The third-order valence-corrected chi connectivity index (χ3v) is 3.52. The third-order valence-electron chi connectivity index (χ3n) is 2.09. The maximum Gasteiger partial charge on any atom is 0.315 e. The van der Waals surface area contributed by atoms with E-state index in [1.54, 1.807) is 0 Å². The van der Waals surface area contributed by atoms with Crippen LogP contribution in [0.3, 0.4) is 0 Å². The van der Waals surface area contributed by atoms with Gasteiger partial charge in [0.2, 0.25) is 0 Å². The zero-order valence-electron chi connectivity index (χ0n) is 7.91. The quantitative estimate of drug-likeness (QED) is 0.619. The van der Waals surface area contributed by atoms with Crippen molar-refractivity contribution < 1.29 is 19.4 Å². The summed E-state index contributed by atoms with van der Waals surface area (Å²) in [6.07, 6.45) is 0.0850. The zero-order valence-corrected chi connectivity index (χ0v) is 8.73. The molecule has 0 aromatic heterocycles. The minimum absolute atomic E-state index is 0.0850. The number of hydrogen-bond acceptors (Lipinski definition) is 5. The molecule has 0 saturated carbocycles. The van der Waals surface area contributed by atoms with Gasteiger partial charge in [0.05, 0.1) is 24.0 Å². The van der Waals surface area contributed by atoms with Crippen LogP contribution in [0.4, 0.5) is 0 Å². The van der Waals surface area contributed by atoms with Crippen LogP contribution >= 0.6 is 11.8 Å². The molecule has 1 heterocycles. The molecule has 5 nitrogen and oxygen atoms in total. The fourth-order valence-electron chi connectivity index (χ4n) is 1.23. The van der Waals surface area contributed by atoms with Gasteiger partial charge in [0, 0.05) is 13.1 Å². The minimum atomic E-state index is -0.830. The first-order valence-corrected chi connectivity index (χ1v) is 5.20. The first-order chi connectivity index (χ1) is 6.58. The number of aliphatic carboxylic acids is 1. The Morgan fingerprint density at radius 3 is 2.57 bits per heavy atom. The second kappa shape index (κ2) is 4.65. The van der Waals surface area contributed by atoms with Crippen molar-refractivity contribution in [2.24, 2.45) is 0 Å². The van der Waals surface area contributed by atoms with Crippen LogP contribution in [0.5, 0.6) is 0 Å². The molecule has 6 heteroatoms. The van der Waals surface area contributed by atoms with E-state index in [0.717, 1.165) is 0 Å². The van der Waals surface area contributed by atoms with E-state index in [0.29, 0.717) is 13.1 Å². The molecule has 0 aromatic carbocycles. The summed E-state index contributed by atoms with van der Waals surface area (Å²) in [7, 11) is 1.33. The van der Waals surface area contributed by atoms with Crippen LogP contribution in [0, 0.1) is 0 Å². The van der Waals surface area contributed by atoms with Crippen molar-refractivity contribution in [3.05, 3.63) is 0 Å². The summed E-state index contributed by atoms with van der Waals surface area (Å²) in [6, 6.07) is 0. The number of methoxy groups -OCH3 is 1. The minimum Gasteiger partial charge on any atom is -0.481 e. The van der Waals surface area contributed by atoms with Gasteiger partial charge in [-0.05, 0) is 0 Å². The molecule has 0 radical (unpaired) electrons. The lowest BCUT2D eigenvalue weighted by molar-refractivity contribution is -0.139. The summed E-state index contributed by atoms with van der Waals surface area (Å²) >= 11 is 1.35. The van der Waals surface area contributed by atoms with Gasteiger partial charge in [0.1, 0.15) is 0 Å². The Kier molecular flexibility index (Phi) is 3.77. The lowest BCUT2D eigenvalue weighted by atomic mass is 9.98. The summed E-state index contributed by atoms with van der Waals surface area (Å²) in [6.45, 7) is 1.28. The number of rotatable bonds is 5. The summed E-state index contributed by atoms with van der Waals surface area (Å²) in [5, 5.41) is 11.7. The van der Waals surface area contributed by atoms with Gasteiger partial charge in [0.25, 0.3) is 0 Å². The molecule has 0 unspecified atom stereocenters. The fourth-order valence-corrected chi connectivity index (χ4v) is 2.40. The number of carbonyl (C=O) groups is 2. The Morgan fingerprint density at radius 1 is 1.57 bits per heavy atom. The molecule has 14 heavy (non-hydrogen) atoms. The second-order valence-electron chi connectivity index (χ2n) is 3.22. The number of carboxylic acid groups (broad SMARTS) is 1. The summed E-state index contributed by atoms with van der Waals surface area (Å²) in [5.74, 6) is -0.929. The molecular formula is C8H13NO4S. The highest BCUT2D eigenvalue weighted by atomic mass is 32.2. The van der Waals surface area contributed by atoms with Crippen LogP contribution in [0.25, 0.3) is 0 Å². The molecule has 1 saturated heterocycles. The number of carbonyl (C=O) groups excluding carboxylic acids is 1. The van der Waals surface area contributed by atoms with Crippen LogP contribution < -0.4 is 5.32 Å². The standard InChI is InChI=1S/C8H13NO4S/c1-13-7(12)3-14-8(2-6(10)11)4-9-5-8/h9H,2-5H2,1H3,(H,10,11). The Balaban J connectivity index is 2.37. The average Bonchev–Trinajstić information content (AvgIpc) is 2.08. The average molecular weight is 219 g/mol. The highest BCUT2D eigenvalue weighted by Gasteiger charge is 2.40. The van der Waals surface area contributed by atoms with Gasteiger partial charge in [-0.2, -0.15) is 0 Å². The molecule has 1 rings (SSSR count). The summed E-state index contributed by atoms with van der Waals surface area (Å²) in [5.41, 5.74) is 0. The van der Waals surface area contributed by atoms with Crippen molar-refractivity contribution in [2.45, 2.75) is 11.2 Å². The molecule has 80 valence electrons. The summed E-state index contributed by atoms with van der Waals surface area (Å²) < 4.78 is 4.17. The maximum atomic E-state index is 10.9. The Morgan fingerprint density at radius 2 is 2.21 bits per heavy atom. The van der Waals surface area contributed by atoms with E-state index in [4.69, 9.17) is 5.11 Å². The van der Waals surface area contributed by atoms with E-state index < -0.39 is 5.97 Å². The molecule has 1 aliphatic rings. The number of esters is 1. The van der Waals surface area contributed by atoms with E-state index >= 15 is 0 Å². The van der Waals surface area contributed by atoms with Gasteiger partial charge in [0.15, 0.2) is 0 Å². The van der Waals surface area contributed by atoms with Gasteiger partial charge in [-0.15, -0.1) is 11.8 Å². The highest BCUT2D eigenvalue weighted by molar-refractivity contribution is 8.01. The van der Waals surface area contributed by atoms with Crippen LogP contribution in [0.15, 0.2) is 0 Å². The SMILES string of the molecule is COC(=O)CSC1(CC(=O)O)CNC1. The molecule has 1 fully saturated rings. The molecule has 0 spiro atoms.